The standard InChI is InChI=1S/C23H20F3N3O4/c1-28-17-8-7-15(23(24,25)26)9-14(17)10-19(28)22(32)33-16-11-18(20(27)30)29(12-16)21(31)13-5-3-2-4-6-13/h2-10,16,18H,11-12H2,1H3,(H2,27,30)/t16-,18+/m1/s1. The summed E-state index contributed by atoms with van der Waals surface area (Å²) in [5.41, 5.74) is 5.48. The normalized spacial score (nSPS) is 18.5. The number of halogens is 3. The van der Waals surface area contributed by atoms with Crippen LogP contribution in [0, 0.1) is 0 Å². The van der Waals surface area contributed by atoms with E-state index in [4.69, 9.17) is 10.5 Å². The molecule has 1 aliphatic rings. The lowest BCUT2D eigenvalue weighted by Gasteiger charge is -2.21. The number of aromatic nitrogens is 1. The van der Waals surface area contributed by atoms with Crippen molar-refractivity contribution in [1.29, 1.82) is 0 Å². The van der Waals surface area contributed by atoms with E-state index in [-0.39, 0.29) is 24.0 Å². The van der Waals surface area contributed by atoms with Gasteiger partial charge in [-0.15, -0.1) is 0 Å². The maximum absolute atomic E-state index is 13.0. The van der Waals surface area contributed by atoms with E-state index in [1.54, 1.807) is 30.3 Å². The molecule has 2 N–H and O–H groups in total. The molecule has 0 unspecified atom stereocenters. The second-order valence-electron chi connectivity index (χ2n) is 7.86. The van der Waals surface area contributed by atoms with Crippen LogP contribution in [0.3, 0.4) is 0 Å². The Hall–Kier alpha value is -3.82. The number of amides is 2. The molecule has 2 heterocycles. The average molecular weight is 459 g/mol. The van der Waals surface area contributed by atoms with Gasteiger partial charge < -0.3 is 19.9 Å². The Bertz CT molecular complexity index is 1240. The number of fused-ring (bicyclic) bond motifs is 1. The van der Waals surface area contributed by atoms with E-state index < -0.39 is 41.7 Å². The van der Waals surface area contributed by atoms with Crippen LogP contribution in [-0.2, 0) is 22.8 Å². The predicted octanol–water partition coefficient (Wildman–Crippen LogP) is 3.12. The van der Waals surface area contributed by atoms with Gasteiger partial charge in [0.25, 0.3) is 5.91 Å². The summed E-state index contributed by atoms with van der Waals surface area (Å²) in [5.74, 6) is -1.91. The number of carbonyl (C=O) groups is 3. The molecule has 0 aliphatic carbocycles. The predicted molar refractivity (Wildman–Crippen MR) is 112 cm³/mol. The number of hydrogen-bond acceptors (Lipinski definition) is 4. The zero-order valence-corrected chi connectivity index (χ0v) is 17.5. The summed E-state index contributed by atoms with van der Waals surface area (Å²) in [7, 11) is 1.54. The summed E-state index contributed by atoms with van der Waals surface area (Å²) < 4.78 is 46.0. The zero-order valence-electron chi connectivity index (χ0n) is 17.5. The van der Waals surface area contributed by atoms with Gasteiger partial charge in [-0.1, -0.05) is 18.2 Å². The molecule has 3 aromatic rings. The number of rotatable bonds is 4. The third-order valence-corrected chi connectivity index (χ3v) is 5.73. The Balaban J connectivity index is 1.55. The Morgan fingerprint density at radius 1 is 1.06 bits per heavy atom. The molecule has 0 bridgehead atoms. The fraction of sp³-hybridized carbons (Fsp3) is 0.261. The summed E-state index contributed by atoms with van der Waals surface area (Å²) >= 11 is 0. The molecule has 33 heavy (non-hydrogen) atoms. The lowest BCUT2D eigenvalue weighted by atomic mass is 10.1. The molecule has 172 valence electrons. The van der Waals surface area contributed by atoms with Gasteiger partial charge in [-0.2, -0.15) is 13.2 Å². The number of likely N-dealkylation sites (tertiary alicyclic amines) is 1. The van der Waals surface area contributed by atoms with Gasteiger partial charge in [0.05, 0.1) is 12.1 Å². The molecule has 2 atom stereocenters. The largest absolute Gasteiger partial charge is 0.456 e. The smallest absolute Gasteiger partial charge is 0.416 e. The number of ether oxygens (including phenoxy) is 1. The van der Waals surface area contributed by atoms with E-state index in [0.717, 1.165) is 12.1 Å². The number of aryl methyl sites for hydroxylation is 1. The van der Waals surface area contributed by atoms with Crippen molar-refractivity contribution in [3.8, 4) is 0 Å². The molecular weight excluding hydrogens is 439 g/mol. The number of alkyl halides is 3. The molecule has 1 aliphatic heterocycles. The van der Waals surface area contributed by atoms with Crippen LogP contribution in [0.4, 0.5) is 13.2 Å². The van der Waals surface area contributed by atoms with E-state index in [1.807, 2.05) is 0 Å². The van der Waals surface area contributed by atoms with E-state index >= 15 is 0 Å². The summed E-state index contributed by atoms with van der Waals surface area (Å²) in [6, 6.07) is 11.9. The minimum absolute atomic E-state index is 0.0296. The highest BCUT2D eigenvalue weighted by molar-refractivity contribution is 5.98. The highest BCUT2D eigenvalue weighted by Gasteiger charge is 2.41. The molecule has 10 heteroatoms. The number of carbonyl (C=O) groups excluding carboxylic acids is 3. The fourth-order valence-corrected chi connectivity index (χ4v) is 4.06. The molecule has 0 spiro atoms. The maximum Gasteiger partial charge on any atom is 0.416 e. The fourth-order valence-electron chi connectivity index (χ4n) is 4.06. The van der Waals surface area contributed by atoms with E-state index in [2.05, 4.69) is 0 Å². The van der Waals surface area contributed by atoms with Crippen molar-refractivity contribution in [1.82, 2.24) is 9.47 Å². The Morgan fingerprint density at radius 3 is 2.39 bits per heavy atom. The third-order valence-electron chi connectivity index (χ3n) is 5.73. The van der Waals surface area contributed by atoms with Crippen molar-refractivity contribution in [3.05, 3.63) is 71.4 Å². The SMILES string of the molecule is Cn1c(C(=O)O[C@@H]2C[C@@H](C(N)=O)N(C(=O)c3ccccc3)C2)cc2cc(C(F)(F)F)ccc21. The number of nitrogens with two attached hydrogens (primary N) is 1. The van der Waals surface area contributed by atoms with Crippen LogP contribution >= 0.6 is 0 Å². The first-order chi connectivity index (χ1) is 15.6. The molecule has 1 saturated heterocycles. The van der Waals surface area contributed by atoms with Crippen LogP contribution in [-0.4, -0.2) is 45.9 Å². The molecule has 1 fully saturated rings. The summed E-state index contributed by atoms with van der Waals surface area (Å²) in [6.07, 6.45) is -5.28. The Labute approximate surface area is 186 Å². The number of benzene rings is 2. The zero-order chi connectivity index (χ0) is 23.9. The van der Waals surface area contributed by atoms with Crippen molar-refractivity contribution >= 4 is 28.7 Å². The lowest BCUT2D eigenvalue weighted by molar-refractivity contribution is -0.137. The van der Waals surface area contributed by atoms with Crippen molar-refractivity contribution < 1.29 is 32.3 Å². The summed E-state index contributed by atoms with van der Waals surface area (Å²) in [5, 5.41) is 0.238. The van der Waals surface area contributed by atoms with Crippen molar-refractivity contribution in [2.24, 2.45) is 12.8 Å². The van der Waals surface area contributed by atoms with Crippen LogP contribution in [0.1, 0.15) is 32.8 Å². The molecule has 2 amide bonds. The van der Waals surface area contributed by atoms with Crippen LogP contribution in [0.15, 0.2) is 54.6 Å². The van der Waals surface area contributed by atoms with E-state index in [1.165, 1.54) is 28.6 Å². The van der Waals surface area contributed by atoms with Crippen molar-refractivity contribution in [3.63, 3.8) is 0 Å². The second-order valence-corrected chi connectivity index (χ2v) is 7.86. The van der Waals surface area contributed by atoms with Gasteiger partial charge in [0.15, 0.2) is 0 Å². The van der Waals surface area contributed by atoms with Gasteiger partial charge in [0.1, 0.15) is 17.8 Å². The van der Waals surface area contributed by atoms with Crippen LogP contribution < -0.4 is 5.73 Å². The summed E-state index contributed by atoms with van der Waals surface area (Å²) in [4.78, 5) is 38.8. The minimum atomic E-state index is -4.51. The molecule has 7 nitrogen and oxygen atoms in total. The molecule has 4 rings (SSSR count). The van der Waals surface area contributed by atoms with Gasteiger partial charge >= 0.3 is 12.1 Å². The first kappa shape index (κ1) is 22.4. The first-order valence-corrected chi connectivity index (χ1v) is 10.1. The second kappa shape index (κ2) is 8.27. The highest BCUT2D eigenvalue weighted by Crippen LogP contribution is 2.32. The summed E-state index contributed by atoms with van der Waals surface area (Å²) in [6.45, 7) is -0.0325. The third kappa shape index (κ3) is 4.28. The van der Waals surface area contributed by atoms with Crippen molar-refractivity contribution in [2.75, 3.05) is 6.54 Å². The van der Waals surface area contributed by atoms with Gasteiger partial charge in [0, 0.05) is 29.9 Å². The number of esters is 1. The minimum Gasteiger partial charge on any atom is -0.456 e. The van der Waals surface area contributed by atoms with Crippen LogP contribution in [0.5, 0.6) is 0 Å². The maximum atomic E-state index is 13.0. The quantitative estimate of drug-likeness (QED) is 0.607. The number of hydrogen-bond donors (Lipinski definition) is 1. The Kier molecular flexibility index (Phi) is 5.61. The van der Waals surface area contributed by atoms with Crippen molar-refractivity contribution in [2.45, 2.75) is 24.7 Å². The topological polar surface area (TPSA) is 94.6 Å². The van der Waals surface area contributed by atoms with Gasteiger partial charge in [-0.25, -0.2) is 4.79 Å². The molecule has 1 aromatic heterocycles. The number of primary amides is 1. The molecular formula is C23H20F3N3O4. The Morgan fingerprint density at radius 2 is 1.76 bits per heavy atom. The first-order valence-electron chi connectivity index (χ1n) is 10.1. The monoisotopic (exact) mass is 459 g/mol. The van der Waals surface area contributed by atoms with Gasteiger partial charge in [-0.3, -0.25) is 9.59 Å². The lowest BCUT2D eigenvalue weighted by Crippen LogP contribution is -2.43. The molecule has 0 radical (unpaired) electrons. The van der Waals surface area contributed by atoms with Gasteiger partial charge in [0.2, 0.25) is 5.91 Å². The highest BCUT2D eigenvalue weighted by atomic mass is 19.4. The van der Waals surface area contributed by atoms with Gasteiger partial charge in [-0.05, 0) is 36.4 Å². The van der Waals surface area contributed by atoms with E-state index in [9.17, 15) is 27.6 Å². The van der Waals surface area contributed by atoms with E-state index in [0.29, 0.717) is 11.1 Å². The van der Waals surface area contributed by atoms with Crippen LogP contribution in [0.25, 0.3) is 10.9 Å². The number of nitrogens with zero attached hydrogens (tertiary/aromatic N) is 2. The molecule has 2 aromatic carbocycles. The average Bonchev–Trinajstić information content (AvgIpc) is 3.34. The molecule has 0 saturated carbocycles. The van der Waals surface area contributed by atoms with Crippen LogP contribution in [0.2, 0.25) is 0 Å².